The van der Waals surface area contributed by atoms with Crippen molar-refractivity contribution >= 4 is 0 Å². The van der Waals surface area contributed by atoms with Crippen LogP contribution in [0.25, 0.3) is 0 Å². The van der Waals surface area contributed by atoms with E-state index in [1.807, 2.05) is 42.7 Å². The summed E-state index contributed by atoms with van der Waals surface area (Å²) in [6.07, 6.45) is 8.51. The van der Waals surface area contributed by atoms with Crippen molar-refractivity contribution in [1.82, 2.24) is 9.88 Å². The Morgan fingerprint density at radius 1 is 1.44 bits per heavy atom. The Balaban J connectivity index is 1.84. The molecule has 0 fully saturated rings. The van der Waals surface area contributed by atoms with Gasteiger partial charge < -0.3 is 4.90 Å². The molecule has 0 aliphatic carbocycles. The Bertz CT molecular complexity index is 440. The Morgan fingerprint density at radius 2 is 2.38 bits per heavy atom. The van der Waals surface area contributed by atoms with Crippen LogP contribution in [0, 0.1) is 11.3 Å². The molecule has 0 unspecified atom stereocenters. The number of hydrogen-bond donors (Lipinski definition) is 0. The predicted octanol–water partition coefficient (Wildman–Crippen LogP) is 1.90. The van der Waals surface area contributed by atoms with Crippen LogP contribution in [0.3, 0.4) is 0 Å². The first kappa shape index (κ1) is 10.4. The van der Waals surface area contributed by atoms with Gasteiger partial charge >= 0.3 is 0 Å². The Morgan fingerprint density at radius 3 is 3.00 bits per heavy atom. The lowest BCUT2D eigenvalue weighted by atomic mass is 10.2. The van der Waals surface area contributed by atoms with Gasteiger partial charge in [0.05, 0.1) is 11.6 Å². The molecule has 1 aliphatic heterocycles. The zero-order valence-corrected chi connectivity index (χ0v) is 9.00. The fourth-order valence-corrected chi connectivity index (χ4v) is 1.58. The molecule has 0 spiro atoms. The van der Waals surface area contributed by atoms with Gasteiger partial charge in [-0.15, -0.1) is 0 Å². The van der Waals surface area contributed by atoms with E-state index in [0.29, 0.717) is 0 Å². The summed E-state index contributed by atoms with van der Waals surface area (Å²) in [6, 6.07) is 8.09. The highest BCUT2D eigenvalue weighted by atomic mass is 15.1. The average Bonchev–Trinajstić information content (AvgIpc) is 2.38. The van der Waals surface area contributed by atoms with Crippen molar-refractivity contribution in [2.75, 3.05) is 13.1 Å². The van der Waals surface area contributed by atoms with E-state index >= 15 is 0 Å². The molecule has 1 aliphatic rings. The normalized spacial score (nSPS) is 14.4. The van der Waals surface area contributed by atoms with Crippen molar-refractivity contribution in [1.29, 1.82) is 5.26 Å². The van der Waals surface area contributed by atoms with Gasteiger partial charge in [-0.2, -0.15) is 5.26 Å². The van der Waals surface area contributed by atoms with E-state index in [2.05, 4.69) is 16.0 Å². The zero-order chi connectivity index (χ0) is 11.2. The largest absolute Gasteiger partial charge is 0.373 e. The van der Waals surface area contributed by atoms with Gasteiger partial charge in [-0.1, -0.05) is 6.07 Å². The second-order valence-electron chi connectivity index (χ2n) is 3.65. The van der Waals surface area contributed by atoms with Crippen LogP contribution in [0.2, 0.25) is 0 Å². The summed E-state index contributed by atoms with van der Waals surface area (Å²) in [7, 11) is 0. The second-order valence-corrected chi connectivity index (χ2v) is 3.65. The topological polar surface area (TPSA) is 39.9 Å². The molecule has 0 amide bonds. The third-order valence-corrected chi connectivity index (χ3v) is 2.52. The predicted molar refractivity (Wildman–Crippen MR) is 62.4 cm³/mol. The van der Waals surface area contributed by atoms with Gasteiger partial charge in [0.15, 0.2) is 0 Å². The third kappa shape index (κ3) is 2.71. The Labute approximate surface area is 95.3 Å². The summed E-state index contributed by atoms with van der Waals surface area (Å²) in [4.78, 5) is 6.45. The zero-order valence-electron chi connectivity index (χ0n) is 9.00. The van der Waals surface area contributed by atoms with Gasteiger partial charge in [-0.05, 0) is 24.3 Å². The number of pyridine rings is 1. The molecule has 0 radical (unpaired) electrons. The highest BCUT2D eigenvalue weighted by Crippen LogP contribution is 2.06. The number of nitriles is 1. The smallest absolute Gasteiger partial charge is 0.0989 e. The lowest BCUT2D eigenvalue weighted by molar-refractivity contribution is 0.413. The minimum atomic E-state index is 0.745. The first-order chi connectivity index (χ1) is 7.88. The van der Waals surface area contributed by atoms with Gasteiger partial charge in [-0.25, -0.2) is 0 Å². The van der Waals surface area contributed by atoms with Crippen molar-refractivity contribution in [2.45, 2.75) is 6.42 Å². The molecule has 3 nitrogen and oxygen atoms in total. The SMILES string of the molecule is N#CC1=CCN(CCc2ccccn2)C=C1. The van der Waals surface area contributed by atoms with Crippen LogP contribution in [-0.4, -0.2) is 23.0 Å². The number of nitrogens with zero attached hydrogens (tertiary/aromatic N) is 3. The van der Waals surface area contributed by atoms with Gasteiger partial charge in [-0.3, -0.25) is 4.98 Å². The molecule has 0 bridgehead atoms. The van der Waals surface area contributed by atoms with E-state index in [9.17, 15) is 0 Å². The van der Waals surface area contributed by atoms with Gasteiger partial charge in [0.25, 0.3) is 0 Å². The van der Waals surface area contributed by atoms with E-state index in [4.69, 9.17) is 5.26 Å². The van der Waals surface area contributed by atoms with E-state index in [-0.39, 0.29) is 0 Å². The number of aromatic nitrogens is 1. The fraction of sp³-hybridized carbons (Fsp3) is 0.231. The number of rotatable bonds is 3. The monoisotopic (exact) mass is 211 g/mol. The molecule has 0 atom stereocenters. The third-order valence-electron chi connectivity index (χ3n) is 2.52. The van der Waals surface area contributed by atoms with Crippen molar-refractivity contribution in [2.24, 2.45) is 0 Å². The van der Waals surface area contributed by atoms with Crippen molar-refractivity contribution in [3.63, 3.8) is 0 Å². The molecule has 1 aromatic heterocycles. The molecule has 2 heterocycles. The molecular formula is C13H13N3. The van der Waals surface area contributed by atoms with Crippen LogP contribution < -0.4 is 0 Å². The van der Waals surface area contributed by atoms with Crippen molar-refractivity contribution in [3.8, 4) is 6.07 Å². The molecule has 0 aromatic carbocycles. The number of hydrogen-bond acceptors (Lipinski definition) is 3. The minimum Gasteiger partial charge on any atom is -0.373 e. The van der Waals surface area contributed by atoms with Gasteiger partial charge in [0.2, 0.25) is 0 Å². The first-order valence-corrected chi connectivity index (χ1v) is 5.31. The molecule has 2 rings (SSSR count). The molecule has 16 heavy (non-hydrogen) atoms. The lowest BCUT2D eigenvalue weighted by Crippen LogP contribution is -2.22. The maximum Gasteiger partial charge on any atom is 0.0989 e. The van der Waals surface area contributed by atoms with Crippen LogP contribution in [-0.2, 0) is 6.42 Å². The maximum atomic E-state index is 8.69. The van der Waals surface area contributed by atoms with Crippen LogP contribution in [0.4, 0.5) is 0 Å². The average molecular weight is 211 g/mol. The highest BCUT2D eigenvalue weighted by Gasteiger charge is 2.04. The Kier molecular flexibility index (Phi) is 3.35. The molecule has 0 N–H and O–H groups in total. The molecule has 1 aromatic rings. The maximum absolute atomic E-state index is 8.69. The van der Waals surface area contributed by atoms with Crippen molar-refractivity contribution < 1.29 is 0 Å². The number of allylic oxidation sites excluding steroid dienone is 2. The molecular weight excluding hydrogens is 198 g/mol. The van der Waals surface area contributed by atoms with Gasteiger partial charge in [0.1, 0.15) is 0 Å². The fourth-order valence-electron chi connectivity index (χ4n) is 1.58. The van der Waals surface area contributed by atoms with Crippen LogP contribution in [0.15, 0.2) is 48.3 Å². The van der Waals surface area contributed by atoms with E-state index in [1.165, 1.54) is 0 Å². The second kappa shape index (κ2) is 5.13. The summed E-state index contributed by atoms with van der Waals surface area (Å²) in [6.45, 7) is 1.74. The minimum absolute atomic E-state index is 0.745. The molecule has 80 valence electrons. The highest BCUT2D eigenvalue weighted by molar-refractivity contribution is 5.34. The summed E-state index contributed by atoms with van der Waals surface area (Å²) in [5.74, 6) is 0. The lowest BCUT2D eigenvalue weighted by Gasteiger charge is -2.20. The summed E-state index contributed by atoms with van der Waals surface area (Å²) >= 11 is 0. The van der Waals surface area contributed by atoms with Crippen LogP contribution in [0.5, 0.6) is 0 Å². The van der Waals surface area contributed by atoms with Gasteiger partial charge in [0, 0.05) is 37.6 Å². The summed E-state index contributed by atoms with van der Waals surface area (Å²) in [5, 5.41) is 8.69. The summed E-state index contributed by atoms with van der Waals surface area (Å²) in [5.41, 5.74) is 1.85. The van der Waals surface area contributed by atoms with Crippen LogP contribution in [0.1, 0.15) is 5.69 Å². The summed E-state index contributed by atoms with van der Waals surface area (Å²) < 4.78 is 0. The van der Waals surface area contributed by atoms with E-state index < -0.39 is 0 Å². The standard InChI is InChI=1S/C13H13N3/c14-11-12-4-8-16(9-5-12)10-6-13-3-1-2-7-15-13/h1-5,7-8H,6,9-10H2. The van der Waals surface area contributed by atoms with E-state index in [0.717, 1.165) is 30.8 Å². The van der Waals surface area contributed by atoms with Crippen molar-refractivity contribution in [3.05, 3.63) is 54.0 Å². The molecule has 0 saturated carbocycles. The first-order valence-electron chi connectivity index (χ1n) is 5.31. The quantitative estimate of drug-likeness (QED) is 0.766. The Hall–Kier alpha value is -2.08. The molecule has 0 saturated heterocycles. The van der Waals surface area contributed by atoms with E-state index in [1.54, 1.807) is 0 Å². The molecule has 3 heteroatoms. The van der Waals surface area contributed by atoms with Crippen LogP contribution >= 0.6 is 0 Å².